The van der Waals surface area contributed by atoms with Gasteiger partial charge in [-0.15, -0.1) is 0 Å². The highest BCUT2D eigenvalue weighted by Gasteiger charge is 2.36. The van der Waals surface area contributed by atoms with Gasteiger partial charge in [-0.3, -0.25) is 0 Å². The van der Waals surface area contributed by atoms with Gasteiger partial charge in [0.1, 0.15) is 12.4 Å². The number of halogens is 3. The maximum absolute atomic E-state index is 10.7. The third-order valence-corrected chi connectivity index (χ3v) is 5.04. The van der Waals surface area contributed by atoms with Crippen LogP contribution < -0.4 is 4.57 Å². The first-order valence-corrected chi connectivity index (χ1v) is 11.7. The van der Waals surface area contributed by atoms with Crippen molar-refractivity contribution >= 4 is 16.3 Å². The molecule has 0 aliphatic rings. The van der Waals surface area contributed by atoms with Crippen LogP contribution in [0.4, 0.5) is 13.2 Å². The Balaban J connectivity index is 0.000000828. The summed E-state index contributed by atoms with van der Waals surface area (Å²) in [5, 5.41) is 0. The molecule has 0 radical (unpaired) electrons. The van der Waals surface area contributed by atoms with Crippen LogP contribution in [0, 0.1) is 0 Å². The molecule has 0 aliphatic heterocycles. The summed E-state index contributed by atoms with van der Waals surface area (Å²) >= 11 is 0. The summed E-state index contributed by atoms with van der Waals surface area (Å²) in [5.41, 5.74) is -5.65. The number of aryl methyl sites for hydroxylation is 1. The lowest BCUT2D eigenvalue weighted by molar-refractivity contribution is -0.696. The van der Waals surface area contributed by atoms with Gasteiger partial charge in [0.25, 0.3) is 0 Å². The van der Waals surface area contributed by atoms with Crippen LogP contribution in [0.3, 0.4) is 0 Å². The Morgan fingerprint density at radius 1 is 0.966 bits per heavy atom. The van der Waals surface area contributed by atoms with Gasteiger partial charge in [0.2, 0.25) is 6.33 Å². The van der Waals surface area contributed by atoms with E-state index in [-0.39, 0.29) is 0 Å². The Morgan fingerprint density at radius 2 is 1.38 bits per heavy atom. The third kappa shape index (κ3) is 15.2. The van der Waals surface area contributed by atoms with Crippen molar-refractivity contribution in [1.82, 2.24) is 4.57 Å². The van der Waals surface area contributed by atoms with Crippen LogP contribution in [0.5, 0.6) is 0 Å². The minimum absolute atomic E-state index is 1.14. The van der Waals surface area contributed by atoms with Crippen LogP contribution in [-0.4, -0.2) is 23.0 Å². The molecule has 0 fully saturated rings. The Kier molecular flexibility index (Phi) is 14.8. The van der Waals surface area contributed by atoms with E-state index in [1.165, 1.54) is 77.0 Å². The molecule has 1 rings (SSSR count). The average molecular weight is 441 g/mol. The molecule has 0 bridgehead atoms. The monoisotopic (exact) mass is 440 g/mol. The van der Waals surface area contributed by atoms with E-state index in [4.69, 9.17) is 13.0 Å². The van der Waals surface area contributed by atoms with Crippen LogP contribution in [0.15, 0.2) is 25.3 Å². The van der Waals surface area contributed by atoms with E-state index in [0.29, 0.717) is 0 Å². The molecule has 0 amide bonds. The second-order valence-electron chi connectivity index (χ2n) is 7.07. The molecule has 0 atom stereocenters. The van der Waals surface area contributed by atoms with Crippen LogP contribution in [0.1, 0.15) is 84.0 Å². The van der Waals surface area contributed by atoms with Gasteiger partial charge in [0, 0.05) is 0 Å². The largest absolute Gasteiger partial charge is 0.741 e. The van der Waals surface area contributed by atoms with Crippen LogP contribution in [-0.2, 0) is 16.7 Å². The zero-order chi connectivity index (χ0) is 22.2. The topological polar surface area (TPSA) is 66.0 Å². The highest BCUT2D eigenvalue weighted by Crippen LogP contribution is 2.20. The average Bonchev–Trinajstić information content (AvgIpc) is 3.09. The number of hydrogen-bond acceptors (Lipinski definition) is 3. The van der Waals surface area contributed by atoms with Crippen molar-refractivity contribution < 1.29 is 30.7 Å². The summed E-state index contributed by atoms with van der Waals surface area (Å²) in [6.45, 7) is 7.18. The van der Waals surface area contributed by atoms with Crippen molar-refractivity contribution in [2.24, 2.45) is 0 Å². The van der Waals surface area contributed by atoms with Crippen molar-refractivity contribution in [3.05, 3.63) is 25.3 Å². The Morgan fingerprint density at radius 3 is 1.72 bits per heavy atom. The van der Waals surface area contributed by atoms with Gasteiger partial charge in [-0.1, -0.05) is 77.7 Å². The summed E-state index contributed by atoms with van der Waals surface area (Å²) < 4.78 is 63.2. The van der Waals surface area contributed by atoms with E-state index in [9.17, 15) is 13.2 Å². The standard InChI is InChI=1S/C19H35N2.CHF3O3S/c1-3-5-6-7-8-9-10-11-12-13-14-15-16-21-18-17-20(4-2)19-21;2-1(3,4)8(5,6)7/h4,17-19H,2-3,5-16H2,1H3;(H,5,6,7)/q+1;/p-1. The van der Waals surface area contributed by atoms with E-state index in [1.54, 1.807) is 0 Å². The lowest BCUT2D eigenvalue weighted by atomic mass is 10.1. The van der Waals surface area contributed by atoms with E-state index in [2.05, 4.69) is 30.6 Å². The van der Waals surface area contributed by atoms with Crippen molar-refractivity contribution in [3.63, 3.8) is 0 Å². The molecule has 0 aromatic carbocycles. The molecule has 5 nitrogen and oxygen atoms in total. The van der Waals surface area contributed by atoms with E-state index >= 15 is 0 Å². The maximum atomic E-state index is 10.7. The minimum Gasteiger partial charge on any atom is -0.741 e. The lowest BCUT2D eigenvalue weighted by Crippen LogP contribution is -2.30. The van der Waals surface area contributed by atoms with Crippen LogP contribution in [0.25, 0.3) is 6.20 Å². The zero-order valence-electron chi connectivity index (χ0n) is 17.4. The summed E-state index contributed by atoms with van der Waals surface area (Å²) in [6.07, 6.45) is 25.1. The lowest BCUT2D eigenvalue weighted by Gasteiger charge is -2.08. The van der Waals surface area contributed by atoms with Crippen LogP contribution >= 0.6 is 0 Å². The summed E-state index contributed by atoms with van der Waals surface area (Å²) in [5.74, 6) is 0. The molecule has 1 aromatic rings. The molecule has 0 saturated heterocycles. The van der Waals surface area contributed by atoms with Gasteiger partial charge in [-0.2, -0.15) is 13.2 Å². The van der Waals surface area contributed by atoms with Gasteiger partial charge in [0.05, 0.1) is 12.7 Å². The molecule has 0 N–H and O–H groups in total. The predicted molar refractivity (Wildman–Crippen MR) is 108 cm³/mol. The molecule has 0 unspecified atom stereocenters. The molecular formula is C20H35F3N2O3S. The summed E-state index contributed by atoms with van der Waals surface area (Å²) in [6, 6.07) is 0. The highest BCUT2D eigenvalue weighted by atomic mass is 32.2. The first kappa shape index (κ1) is 27.6. The van der Waals surface area contributed by atoms with Crippen LogP contribution in [0.2, 0.25) is 0 Å². The number of alkyl halides is 3. The zero-order valence-corrected chi connectivity index (χ0v) is 18.2. The first-order valence-electron chi connectivity index (χ1n) is 10.3. The molecule has 1 aromatic heterocycles. The fraction of sp³-hybridized carbons (Fsp3) is 0.750. The summed E-state index contributed by atoms with van der Waals surface area (Å²) in [7, 11) is -6.09. The molecule has 0 aliphatic carbocycles. The van der Waals surface area contributed by atoms with Crippen molar-refractivity contribution in [3.8, 4) is 0 Å². The number of aromatic nitrogens is 2. The summed E-state index contributed by atoms with van der Waals surface area (Å²) in [4.78, 5) is 0. The van der Waals surface area contributed by atoms with Crippen molar-refractivity contribution in [2.45, 2.75) is 96.0 Å². The van der Waals surface area contributed by atoms with Gasteiger partial charge in [-0.25, -0.2) is 17.6 Å². The highest BCUT2D eigenvalue weighted by molar-refractivity contribution is 7.86. The minimum atomic E-state index is -6.09. The third-order valence-electron chi connectivity index (χ3n) is 4.48. The second-order valence-corrected chi connectivity index (χ2v) is 8.44. The quantitative estimate of drug-likeness (QED) is 0.163. The van der Waals surface area contributed by atoms with Gasteiger partial charge >= 0.3 is 5.51 Å². The number of unbranched alkanes of at least 4 members (excludes halogenated alkanes) is 11. The Labute approximate surface area is 173 Å². The number of nitrogens with zero attached hydrogens (tertiary/aromatic N) is 2. The molecule has 0 saturated carbocycles. The van der Waals surface area contributed by atoms with E-state index in [1.807, 2.05) is 17.0 Å². The Hall–Kier alpha value is -1.35. The Bertz CT molecular complexity index is 644. The van der Waals surface area contributed by atoms with Gasteiger partial charge in [0.15, 0.2) is 10.1 Å². The smallest absolute Gasteiger partial charge is 0.485 e. The van der Waals surface area contributed by atoms with Gasteiger partial charge in [-0.05, 0) is 12.8 Å². The molecule has 1 heterocycles. The number of hydrogen-bond donors (Lipinski definition) is 0. The predicted octanol–water partition coefficient (Wildman–Crippen LogP) is 5.63. The SMILES string of the molecule is C=Cn1cc[n+](CCCCCCCCCCCCCC)c1.O=S(=O)([O-])C(F)(F)F. The molecule has 9 heteroatoms. The van der Waals surface area contributed by atoms with Gasteiger partial charge < -0.3 is 4.55 Å². The van der Waals surface area contributed by atoms with Crippen molar-refractivity contribution in [1.29, 1.82) is 0 Å². The fourth-order valence-corrected chi connectivity index (χ4v) is 2.79. The molecule has 170 valence electrons. The number of rotatable bonds is 14. The molecule has 29 heavy (non-hydrogen) atoms. The molecular weight excluding hydrogens is 405 g/mol. The van der Waals surface area contributed by atoms with E-state index in [0.717, 1.165) is 6.54 Å². The maximum Gasteiger partial charge on any atom is 0.485 e. The van der Waals surface area contributed by atoms with Crippen molar-refractivity contribution in [2.75, 3.05) is 0 Å². The molecule has 0 spiro atoms. The number of imidazole rings is 1. The normalized spacial score (nSPS) is 11.8. The second kappa shape index (κ2) is 15.5. The fourth-order valence-electron chi connectivity index (χ4n) is 2.79. The van der Waals surface area contributed by atoms with E-state index < -0.39 is 15.6 Å². The first-order chi connectivity index (χ1) is 13.6.